The monoisotopic (exact) mass is 281 g/mol. The fourth-order valence-electron chi connectivity index (χ4n) is 2.04. The van der Waals surface area contributed by atoms with Gasteiger partial charge in [-0.15, -0.1) is 0 Å². The Morgan fingerprint density at radius 1 is 1.32 bits per heavy atom. The van der Waals surface area contributed by atoms with Crippen molar-refractivity contribution in [1.82, 2.24) is 4.98 Å². The second kappa shape index (κ2) is 5.50. The van der Waals surface area contributed by atoms with Crippen molar-refractivity contribution in [2.24, 2.45) is 5.84 Å². The van der Waals surface area contributed by atoms with Crippen LogP contribution in [0.5, 0.6) is 11.5 Å². The molecule has 0 amide bonds. The van der Waals surface area contributed by atoms with E-state index in [4.69, 9.17) is 26.9 Å². The second-order valence-electron chi connectivity index (χ2n) is 3.98. The van der Waals surface area contributed by atoms with Crippen molar-refractivity contribution in [1.29, 1.82) is 0 Å². The number of fused-ring (bicyclic) bond motifs is 1. The number of nitrogen functional groups attached to an aromatic ring is 1. The number of nitrogens with zero attached hydrogens (tertiary/aromatic N) is 1. The van der Waals surface area contributed by atoms with E-state index in [2.05, 4.69) is 10.4 Å². The van der Waals surface area contributed by atoms with Crippen LogP contribution in [0.2, 0.25) is 5.02 Å². The number of hydrazine groups is 1. The van der Waals surface area contributed by atoms with E-state index in [9.17, 15) is 0 Å². The van der Waals surface area contributed by atoms with E-state index >= 15 is 0 Å². The molecule has 6 heteroatoms. The minimum Gasteiger partial charge on any atom is -0.496 e. The van der Waals surface area contributed by atoms with Crippen molar-refractivity contribution in [3.8, 4) is 11.5 Å². The SMILES string of the molecule is CCc1cc2c(OC)cc(Cl)c(OC)c2nc1NN. The van der Waals surface area contributed by atoms with E-state index in [-0.39, 0.29) is 0 Å². The van der Waals surface area contributed by atoms with Crippen molar-refractivity contribution in [2.45, 2.75) is 13.3 Å². The summed E-state index contributed by atoms with van der Waals surface area (Å²) in [6, 6.07) is 3.70. The number of ether oxygens (including phenoxy) is 2. The minimum absolute atomic E-state index is 0.451. The van der Waals surface area contributed by atoms with E-state index < -0.39 is 0 Å². The number of anilines is 1. The summed E-state index contributed by atoms with van der Waals surface area (Å²) in [5, 5.41) is 1.30. The molecule has 2 aromatic rings. The van der Waals surface area contributed by atoms with E-state index in [1.807, 2.05) is 13.0 Å². The van der Waals surface area contributed by atoms with Gasteiger partial charge in [-0.2, -0.15) is 0 Å². The standard InChI is InChI=1S/C13H16ClN3O2/c1-4-7-5-8-10(18-2)6-9(14)12(19-3)11(8)16-13(7)17-15/h5-6H,4,15H2,1-3H3,(H,16,17). The molecule has 0 aliphatic rings. The Hall–Kier alpha value is -1.72. The lowest BCUT2D eigenvalue weighted by Gasteiger charge is -2.14. The van der Waals surface area contributed by atoms with Gasteiger partial charge in [-0.1, -0.05) is 18.5 Å². The summed E-state index contributed by atoms with van der Waals surface area (Å²) in [5.41, 5.74) is 4.22. The van der Waals surface area contributed by atoms with E-state index in [0.717, 1.165) is 17.4 Å². The highest BCUT2D eigenvalue weighted by molar-refractivity contribution is 6.33. The van der Waals surface area contributed by atoms with Crippen LogP contribution < -0.4 is 20.7 Å². The van der Waals surface area contributed by atoms with Gasteiger partial charge in [-0.25, -0.2) is 10.8 Å². The van der Waals surface area contributed by atoms with Crippen molar-refractivity contribution in [3.63, 3.8) is 0 Å². The maximum atomic E-state index is 6.16. The Labute approximate surface area is 116 Å². The molecule has 0 saturated heterocycles. The zero-order chi connectivity index (χ0) is 14.0. The summed E-state index contributed by atoms with van der Waals surface area (Å²) in [4.78, 5) is 4.48. The molecule has 0 spiro atoms. The number of halogens is 1. The Bertz CT molecular complexity index is 617. The first kappa shape index (κ1) is 13.7. The highest BCUT2D eigenvalue weighted by Crippen LogP contribution is 2.39. The molecule has 102 valence electrons. The maximum Gasteiger partial charge on any atom is 0.164 e. The van der Waals surface area contributed by atoms with Gasteiger partial charge >= 0.3 is 0 Å². The summed E-state index contributed by atoms with van der Waals surface area (Å²) in [6.45, 7) is 2.03. The first-order valence-electron chi connectivity index (χ1n) is 5.86. The molecule has 0 atom stereocenters. The van der Waals surface area contributed by atoms with Gasteiger partial charge in [0.05, 0.1) is 19.2 Å². The fourth-order valence-corrected chi connectivity index (χ4v) is 2.31. The number of hydrogen-bond donors (Lipinski definition) is 2. The lowest BCUT2D eigenvalue weighted by molar-refractivity contribution is 0.410. The van der Waals surface area contributed by atoms with Crippen LogP contribution in [0, 0.1) is 0 Å². The fraction of sp³-hybridized carbons (Fsp3) is 0.308. The van der Waals surface area contributed by atoms with Crippen LogP contribution in [0.15, 0.2) is 12.1 Å². The Morgan fingerprint density at radius 3 is 2.58 bits per heavy atom. The first-order chi connectivity index (χ1) is 9.15. The molecule has 0 aliphatic carbocycles. The normalized spacial score (nSPS) is 10.6. The third kappa shape index (κ3) is 2.27. The maximum absolute atomic E-state index is 6.16. The van der Waals surface area contributed by atoms with Crippen LogP contribution in [-0.4, -0.2) is 19.2 Å². The number of aryl methyl sites for hydroxylation is 1. The highest BCUT2D eigenvalue weighted by Gasteiger charge is 2.16. The number of nitrogens with one attached hydrogen (secondary N) is 1. The third-order valence-corrected chi connectivity index (χ3v) is 3.28. The van der Waals surface area contributed by atoms with Gasteiger partial charge in [0.25, 0.3) is 0 Å². The molecule has 19 heavy (non-hydrogen) atoms. The van der Waals surface area contributed by atoms with Crippen LogP contribution in [0.4, 0.5) is 5.82 Å². The van der Waals surface area contributed by atoms with Crippen molar-refractivity contribution in [2.75, 3.05) is 19.6 Å². The largest absolute Gasteiger partial charge is 0.496 e. The predicted octanol–water partition coefficient (Wildman–Crippen LogP) is 2.75. The molecule has 5 nitrogen and oxygen atoms in total. The number of aromatic nitrogens is 1. The average Bonchev–Trinajstić information content (AvgIpc) is 2.44. The first-order valence-corrected chi connectivity index (χ1v) is 6.24. The molecule has 1 aromatic carbocycles. The Kier molecular flexibility index (Phi) is 3.97. The number of nitrogens with two attached hydrogens (primary N) is 1. The van der Waals surface area contributed by atoms with Gasteiger partial charge in [0.15, 0.2) is 5.75 Å². The predicted molar refractivity (Wildman–Crippen MR) is 77.0 cm³/mol. The summed E-state index contributed by atoms with van der Waals surface area (Å²) in [6.07, 6.45) is 0.802. The zero-order valence-electron chi connectivity index (χ0n) is 11.1. The van der Waals surface area contributed by atoms with Gasteiger partial charge < -0.3 is 14.9 Å². The Balaban J connectivity index is 2.87. The average molecular weight is 282 g/mol. The summed E-state index contributed by atoms with van der Waals surface area (Å²) in [7, 11) is 3.15. The summed E-state index contributed by atoms with van der Waals surface area (Å²) in [5.74, 6) is 7.28. The summed E-state index contributed by atoms with van der Waals surface area (Å²) < 4.78 is 10.7. The van der Waals surface area contributed by atoms with Crippen LogP contribution >= 0.6 is 11.6 Å². The third-order valence-electron chi connectivity index (χ3n) is 3.00. The van der Waals surface area contributed by atoms with Crippen LogP contribution in [0.1, 0.15) is 12.5 Å². The van der Waals surface area contributed by atoms with Gasteiger partial charge in [0.1, 0.15) is 17.1 Å². The molecule has 1 aromatic heterocycles. The lowest BCUT2D eigenvalue weighted by Crippen LogP contribution is -2.11. The van der Waals surface area contributed by atoms with Crippen LogP contribution in [0.25, 0.3) is 10.9 Å². The number of benzene rings is 1. The molecule has 0 aliphatic heterocycles. The van der Waals surface area contributed by atoms with Crippen LogP contribution in [-0.2, 0) is 6.42 Å². The topological polar surface area (TPSA) is 69.4 Å². The van der Waals surface area contributed by atoms with Gasteiger partial charge in [0, 0.05) is 11.5 Å². The van der Waals surface area contributed by atoms with Gasteiger partial charge in [-0.3, -0.25) is 0 Å². The highest BCUT2D eigenvalue weighted by atomic mass is 35.5. The molecular formula is C13H16ClN3O2. The molecule has 0 bridgehead atoms. The van der Waals surface area contributed by atoms with Gasteiger partial charge in [0.2, 0.25) is 0 Å². The number of pyridine rings is 1. The van der Waals surface area contributed by atoms with Crippen molar-refractivity contribution < 1.29 is 9.47 Å². The number of rotatable bonds is 4. The Morgan fingerprint density at radius 2 is 2.05 bits per heavy atom. The molecule has 2 rings (SSSR count). The molecule has 3 N–H and O–H groups in total. The minimum atomic E-state index is 0.451. The smallest absolute Gasteiger partial charge is 0.164 e. The van der Waals surface area contributed by atoms with Crippen LogP contribution in [0.3, 0.4) is 0 Å². The van der Waals surface area contributed by atoms with Crippen molar-refractivity contribution in [3.05, 3.63) is 22.7 Å². The van der Waals surface area contributed by atoms with Gasteiger partial charge in [-0.05, 0) is 18.1 Å². The molecule has 0 radical (unpaired) electrons. The quantitative estimate of drug-likeness (QED) is 0.666. The van der Waals surface area contributed by atoms with E-state index in [0.29, 0.717) is 27.9 Å². The molecule has 0 unspecified atom stereocenters. The lowest BCUT2D eigenvalue weighted by atomic mass is 10.1. The van der Waals surface area contributed by atoms with E-state index in [1.54, 1.807) is 20.3 Å². The van der Waals surface area contributed by atoms with E-state index in [1.165, 1.54) is 0 Å². The molecule has 1 heterocycles. The number of methoxy groups -OCH3 is 2. The molecule has 0 saturated carbocycles. The summed E-state index contributed by atoms with van der Waals surface area (Å²) >= 11 is 6.16. The second-order valence-corrected chi connectivity index (χ2v) is 4.39. The molecule has 0 fully saturated rings. The zero-order valence-corrected chi connectivity index (χ0v) is 11.8. The molecular weight excluding hydrogens is 266 g/mol. The van der Waals surface area contributed by atoms with Crippen molar-refractivity contribution >= 4 is 28.3 Å². The number of hydrogen-bond acceptors (Lipinski definition) is 5.